The van der Waals surface area contributed by atoms with E-state index in [9.17, 15) is 4.79 Å². The van der Waals surface area contributed by atoms with E-state index in [1.165, 1.54) is 0 Å². The average Bonchev–Trinajstić information content (AvgIpc) is 2.73. The molecular formula is C25H32Cl2N2O. The van der Waals surface area contributed by atoms with Crippen LogP contribution in [0.2, 0.25) is 10.0 Å². The molecule has 0 heterocycles. The molecule has 0 unspecified atom stereocenters. The van der Waals surface area contributed by atoms with E-state index in [-0.39, 0.29) is 5.91 Å². The maximum absolute atomic E-state index is 13.2. The van der Waals surface area contributed by atoms with Crippen molar-refractivity contribution in [3.63, 3.8) is 0 Å². The van der Waals surface area contributed by atoms with Crippen LogP contribution in [-0.4, -0.2) is 30.4 Å². The first kappa shape index (κ1) is 24.3. The number of carbonyl (C=O) groups is 1. The molecule has 0 saturated heterocycles. The summed E-state index contributed by atoms with van der Waals surface area (Å²) >= 11 is 13.0. The number of unbranched alkanes of at least 4 members (excludes halogenated alkanes) is 2. The molecule has 0 saturated carbocycles. The third-order valence-electron chi connectivity index (χ3n) is 5.06. The Hall–Kier alpha value is -1.97. The summed E-state index contributed by atoms with van der Waals surface area (Å²) in [5.74, 6) is 0.160. The summed E-state index contributed by atoms with van der Waals surface area (Å²) in [4.78, 5) is 17.2. The molecule has 2 aromatic carbocycles. The van der Waals surface area contributed by atoms with Gasteiger partial charge in [-0.25, -0.2) is 0 Å². The van der Waals surface area contributed by atoms with Gasteiger partial charge in [0, 0.05) is 25.3 Å². The summed E-state index contributed by atoms with van der Waals surface area (Å²) in [5, 5.41) is 1.14. The molecule has 0 aliphatic rings. The fraction of sp³-hybridized carbons (Fsp3) is 0.400. The molecular weight excluding hydrogens is 415 g/mol. The Morgan fingerprint density at radius 2 is 1.57 bits per heavy atom. The number of benzene rings is 2. The lowest BCUT2D eigenvalue weighted by molar-refractivity contribution is -0.130. The molecule has 1 amide bonds. The van der Waals surface area contributed by atoms with Crippen LogP contribution >= 0.6 is 23.2 Å². The molecule has 162 valence electrons. The molecule has 0 spiro atoms. The van der Waals surface area contributed by atoms with E-state index >= 15 is 0 Å². The molecule has 30 heavy (non-hydrogen) atoms. The Balaban J connectivity index is 2.37. The van der Waals surface area contributed by atoms with Crippen LogP contribution < -0.4 is 4.90 Å². The van der Waals surface area contributed by atoms with Crippen LogP contribution in [0.25, 0.3) is 0 Å². The van der Waals surface area contributed by atoms with Crippen molar-refractivity contribution in [2.24, 2.45) is 0 Å². The topological polar surface area (TPSA) is 23.6 Å². The zero-order valence-electron chi connectivity index (χ0n) is 18.0. The van der Waals surface area contributed by atoms with Crippen LogP contribution in [-0.2, 0) is 11.2 Å². The molecule has 5 heteroatoms. The Labute approximate surface area is 191 Å². The highest BCUT2D eigenvalue weighted by atomic mass is 35.5. The summed E-state index contributed by atoms with van der Waals surface area (Å²) in [6.45, 7) is 10.3. The van der Waals surface area contributed by atoms with Gasteiger partial charge in [-0.15, -0.1) is 6.58 Å². The zero-order chi connectivity index (χ0) is 21.9. The maximum atomic E-state index is 13.2. The van der Waals surface area contributed by atoms with Gasteiger partial charge in [0.2, 0.25) is 5.91 Å². The van der Waals surface area contributed by atoms with E-state index in [0.29, 0.717) is 23.0 Å². The SMILES string of the molecule is C=CCN(c1ccccc1CC(=O)N(CCCC)CCCC)c1c(Cl)cccc1Cl. The van der Waals surface area contributed by atoms with E-state index in [0.717, 1.165) is 55.7 Å². The van der Waals surface area contributed by atoms with E-state index in [4.69, 9.17) is 23.2 Å². The Morgan fingerprint density at radius 1 is 0.967 bits per heavy atom. The van der Waals surface area contributed by atoms with E-state index in [1.54, 1.807) is 0 Å². The number of nitrogens with zero attached hydrogens (tertiary/aromatic N) is 2. The second-order valence-corrected chi connectivity index (χ2v) is 8.18. The number of para-hydroxylation sites is 2. The van der Waals surface area contributed by atoms with Crippen LogP contribution in [0.1, 0.15) is 45.1 Å². The van der Waals surface area contributed by atoms with Gasteiger partial charge in [-0.3, -0.25) is 4.79 Å². The minimum absolute atomic E-state index is 0.160. The first-order valence-electron chi connectivity index (χ1n) is 10.7. The monoisotopic (exact) mass is 446 g/mol. The van der Waals surface area contributed by atoms with Crippen molar-refractivity contribution >= 4 is 40.5 Å². The van der Waals surface area contributed by atoms with Crippen molar-refractivity contribution < 1.29 is 4.79 Å². The van der Waals surface area contributed by atoms with Crippen LogP contribution in [0.4, 0.5) is 11.4 Å². The lowest BCUT2D eigenvalue weighted by Crippen LogP contribution is -2.34. The number of carbonyl (C=O) groups excluding carboxylic acids is 1. The van der Waals surface area contributed by atoms with Crippen LogP contribution in [0, 0.1) is 0 Å². The summed E-state index contributed by atoms with van der Waals surface area (Å²) in [6, 6.07) is 13.4. The quantitative estimate of drug-likeness (QED) is 0.319. The first-order valence-corrected chi connectivity index (χ1v) is 11.5. The third kappa shape index (κ3) is 6.52. The van der Waals surface area contributed by atoms with Gasteiger partial charge in [0.1, 0.15) is 0 Å². The highest BCUT2D eigenvalue weighted by Crippen LogP contribution is 2.39. The number of halogens is 2. The largest absolute Gasteiger partial charge is 0.342 e. The first-order chi connectivity index (χ1) is 14.5. The van der Waals surface area contributed by atoms with Gasteiger partial charge < -0.3 is 9.80 Å². The molecule has 0 atom stereocenters. The lowest BCUT2D eigenvalue weighted by Gasteiger charge is -2.29. The van der Waals surface area contributed by atoms with Crippen molar-refractivity contribution in [2.45, 2.75) is 46.0 Å². The molecule has 0 N–H and O–H groups in total. The molecule has 0 aliphatic heterocycles. The second-order valence-electron chi connectivity index (χ2n) is 7.36. The van der Waals surface area contributed by atoms with Crippen LogP contribution in [0.15, 0.2) is 55.1 Å². The molecule has 0 fully saturated rings. The summed E-state index contributed by atoms with van der Waals surface area (Å²) in [6.07, 6.45) is 6.35. The molecule has 0 bridgehead atoms. The Morgan fingerprint density at radius 3 is 2.13 bits per heavy atom. The molecule has 0 aromatic heterocycles. The van der Waals surface area contributed by atoms with Gasteiger partial charge in [-0.05, 0) is 36.6 Å². The number of hydrogen-bond acceptors (Lipinski definition) is 2. The van der Waals surface area contributed by atoms with Gasteiger partial charge in [0.15, 0.2) is 0 Å². The molecule has 3 nitrogen and oxygen atoms in total. The molecule has 2 rings (SSSR count). The fourth-order valence-corrected chi connectivity index (χ4v) is 4.05. The second kappa shape index (κ2) is 12.7. The smallest absolute Gasteiger partial charge is 0.227 e. The van der Waals surface area contributed by atoms with Gasteiger partial charge in [-0.2, -0.15) is 0 Å². The zero-order valence-corrected chi connectivity index (χ0v) is 19.6. The van der Waals surface area contributed by atoms with E-state index in [1.807, 2.05) is 58.3 Å². The average molecular weight is 447 g/mol. The lowest BCUT2D eigenvalue weighted by atomic mass is 10.1. The number of rotatable bonds is 12. The van der Waals surface area contributed by atoms with Crippen LogP contribution in [0.3, 0.4) is 0 Å². The normalized spacial score (nSPS) is 10.7. The van der Waals surface area contributed by atoms with Crippen molar-refractivity contribution in [2.75, 3.05) is 24.5 Å². The van der Waals surface area contributed by atoms with Crippen molar-refractivity contribution in [3.05, 3.63) is 70.7 Å². The van der Waals surface area contributed by atoms with Gasteiger partial charge in [0.25, 0.3) is 0 Å². The summed E-state index contributed by atoms with van der Waals surface area (Å²) < 4.78 is 0. The highest BCUT2D eigenvalue weighted by Gasteiger charge is 2.20. The fourth-order valence-electron chi connectivity index (χ4n) is 3.44. The van der Waals surface area contributed by atoms with Gasteiger partial charge >= 0.3 is 0 Å². The standard InChI is InChI=1S/C25H32Cl2N2O/c1-4-7-17-28(18-8-5-2)24(30)19-20-12-9-10-15-23(20)29(16-6-3)25-21(26)13-11-14-22(25)27/h6,9-15H,3-5,7-8,16-19H2,1-2H3. The van der Waals surface area contributed by atoms with Gasteiger partial charge in [-0.1, -0.05) is 80.2 Å². The Kier molecular flexibility index (Phi) is 10.3. The predicted octanol–water partition coefficient (Wildman–Crippen LogP) is 7.29. The van der Waals surface area contributed by atoms with Gasteiger partial charge in [0.05, 0.1) is 22.2 Å². The predicted molar refractivity (Wildman–Crippen MR) is 130 cm³/mol. The minimum Gasteiger partial charge on any atom is -0.342 e. The van der Waals surface area contributed by atoms with Crippen LogP contribution in [0.5, 0.6) is 0 Å². The number of anilines is 2. The highest BCUT2D eigenvalue weighted by molar-refractivity contribution is 6.39. The number of amides is 1. The summed E-state index contributed by atoms with van der Waals surface area (Å²) in [7, 11) is 0. The van der Waals surface area contributed by atoms with Crippen molar-refractivity contribution in [3.8, 4) is 0 Å². The molecule has 0 radical (unpaired) electrons. The molecule has 2 aromatic rings. The minimum atomic E-state index is 0.160. The van der Waals surface area contributed by atoms with Crippen molar-refractivity contribution in [1.29, 1.82) is 0 Å². The maximum Gasteiger partial charge on any atom is 0.227 e. The van der Waals surface area contributed by atoms with E-state index < -0.39 is 0 Å². The Bertz CT molecular complexity index is 809. The third-order valence-corrected chi connectivity index (χ3v) is 5.67. The van der Waals surface area contributed by atoms with Crippen molar-refractivity contribution in [1.82, 2.24) is 4.90 Å². The molecule has 0 aliphatic carbocycles. The van der Waals surface area contributed by atoms with E-state index in [2.05, 4.69) is 20.4 Å². The summed E-state index contributed by atoms with van der Waals surface area (Å²) in [5.41, 5.74) is 2.61. The number of hydrogen-bond donors (Lipinski definition) is 0.